The number of benzene rings is 2. The lowest BCUT2D eigenvalue weighted by atomic mass is 10.1. The number of rotatable bonds is 3. The second kappa shape index (κ2) is 8.31. The number of aromatic nitrogens is 4. The van der Waals surface area contributed by atoms with Gasteiger partial charge in [0, 0.05) is 31.7 Å². The van der Waals surface area contributed by atoms with E-state index >= 15 is 0 Å². The van der Waals surface area contributed by atoms with Crippen LogP contribution in [0.4, 0.5) is 5.82 Å². The van der Waals surface area contributed by atoms with Crippen LogP contribution in [0.2, 0.25) is 0 Å². The minimum Gasteiger partial charge on any atom is -0.352 e. The molecule has 0 bridgehead atoms. The maximum absolute atomic E-state index is 12.9. The number of anilines is 1. The quantitative estimate of drug-likeness (QED) is 0.482. The molecule has 1 fully saturated rings. The van der Waals surface area contributed by atoms with Gasteiger partial charge in [-0.3, -0.25) is 4.79 Å². The molecule has 4 aromatic rings. The number of hydrogen-bond acceptors (Lipinski definition) is 5. The van der Waals surface area contributed by atoms with Crippen molar-refractivity contribution in [2.75, 3.05) is 31.1 Å². The van der Waals surface area contributed by atoms with Gasteiger partial charge in [0.15, 0.2) is 5.65 Å². The van der Waals surface area contributed by atoms with E-state index in [-0.39, 0.29) is 5.91 Å². The van der Waals surface area contributed by atoms with Crippen LogP contribution in [0.5, 0.6) is 0 Å². The smallest absolute Gasteiger partial charge is 0.253 e. The number of nitrogens with zero attached hydrogens (tertiary/aromatic N) is 6. The molecule has 3 heterocycles. The molecule has 1 aliphatic rings. The van der Waals surface area contributed by atoms with Gasteiger partial charge in [-0.1, -0.05) is 35.4 Å². The van der Waals surface area contributed by atoms with Crippen LogP contribution in [0.25, 0.3) is 16.7 Å². The minimum absolute atomic E-state index is 0.0852. The fourth-order valence-electron chi connectivity index (χ4n) is 4.36. The topological polar surface area (TPSA) is 67.2 Å². The Kier molecular flexibility index (Phi) is 5.32. The average Bonchev–Trinajstić information content (AvgIpc) is 3.15. The number of fused-ring (bicyclic) bond motifs is 1. The highest BCUT2D eigenvalue weighted by Gasteiger charge is 2.26. The van der Waals surface area contributed by atoms with Crippen LogP contribution in [0.1, 0.15) is 33.0 Å². The van der Waals surface area contributed by atoms with Crippen molar-refractivity contribution in [1.82, 2.24) is 24.6 Å². The van der Waals surface area contributed by atoms with E-state index in [4.69, 9.17) is 15.1 Å². The zero-order valence-corrected chi connectivity index (χ0v) is 19.5. The first-order valence-corrected chi connectivity index (χ1v) is 11.3. The molecule has 0 spiro atoms. The predicted octanol–water partition coefficient (Wildman–Crippen LogP) is 4.01. The monoisotopic (exact) mass is 440 g/mol. The number of hydrogen-bond donors (Lipinski definition) is 0. The van der Waals surface area contributed by atoms with Gasteiger partial charge in [0.1, 0.15) is 11.6 Å². The Balaban J connectivity index is 1.43. The summed E-state index contributed by atoms with van der Waals surface area (Å²) in [4.78, 5) is 26.6. The summed E-state index contributed by atoms with van der Waals surface area (Å²) in [6.07, 6.45) is 0. The Labute approximate surface area is 193 Å². The van der Waals surface area contributed by atoms with Crippen LogP contribution in [0.15, 0.2) is 48.5 Å². The Morgan fingerprint density at radius 2 is 1.39 bits per heavy atom. The molecule has 2 aromatic heterocycles. The highest BCUT2D eigenvalue weighted by Crippen LogP contribution is 2.29. The summed E-state index contributed by atoms with van der Waals surface area (Å²) in [5.74, 6) is 1.70. The van der Waals surface area contributed by atoms with Gasteiger partial charge in [0.2, 0.25) is 0 Å². The van der Waals surface area contributed by atoms with Gasteiger partial charge < -0.3 is 9.80 Å². The summed E-state index contributed by atoms with van der Waals surface area (Å²) in [5, 5.41) is 5.77. The van der Waals surface area contributed by atoms with Crippen LogP contribution < -0.4 is 4.90 Å². The van der Waals surface area contributed by atoms with Crippen molar-refractivity contribution >= 4 is 22.8 Å². The van der Waals surface area contributed by atoms with Crippen molar-refractivity contribution in [3.8, 4) is 5.69 Å². The molecule has 2 aromatic carbocycles. The third kappa shape index (κ3) is 3.95. The zero-order chi connectivity index (χ0) is 23.1. The maximum atomic E-state index is 12.9. The van der Waals surface area contributed by atoms with Gasteiger partial charge in [-0.2, -0.15) is 5.10 Å². The Morgan fingerprint density at radius 3 is 2.03 bits per heavy atom. The Bertz CT molecular complexity index is 1320. The van der Waals surface area contributed by atoms with Gasteiger partial charge in [-0.25, -0.2) is 14.6 Å². The number of aryl methyl sites for hydroxylation is 4. The summed E-state index contributed by atoms with van der Waals surface area (Å²) in [6, 6.07) is 16.1. The molecule has 0 unspecified atom stereocenters. The third-order valence-corrected chi connectivity index (χ3v) is 6.24. The summed E-state index contributed by atoms with van der Waals surface area (Å²) in [7, 11) is 0. The van der Waals surface area contributed by atoms with Gasteiger partial charge in [-0.15, -0.1) is 0 Å². The average molecular weight is 441 g/mol. The molecule has 0 N–H and O–H groups in total. The molecular weight excluding hydrogens is 412 g/mol. The van der Waals surface area contributed by atoms with E-state index in [2.05, 4.69) is 36.1 Å². The Hall–Kier alpha value is -3.74. The van der Waals surface area contributed by atoms with E-state index < -0.39 is 0 Å². The Morgan fingerprint density at radius 1 is 0.788 bits per heavy atom. The summed E-state index contributed by atoms with van der Waals surface area (Å²) >= 11 is 0. The second-order valence-electron chi connectivity index (χ2n) is 8.77. The predicted molar refractivity (Wildman–Crippen MR) is 130 cm³/mol. The number of amides is 1. The van der Waals surface area contributed by atoms with Crippen LogP contribution in [0, 0.1) is 27.7 Å². The van der Waals surface area contributed by atoms with Crippen LogP contribution in [0.3, 0.4) is 0 Å². The first-order chi connectivity index (χ1) is 15.9. The van der Waals surface area contributed by atoms with E-state index in [1.165, 1.54) is 5.56 Å². The molecular formula is C26H28N6O. The molecule has 1 amide bonds. The van der Waals surface area contributed by atoms with Crippen LogP contribution >= 0.6 is 0 Å². The molecule has 1 saturated heterocycles. The molecule has 1 aliphatic heterocycles. The molecule has 168 valence electrons. The first-order valence-electron chi connectivity index (χ1n) is 11.3. The third-order valence-electron chi connectivity index (χ3n) is 6.24. The molecule has 0 atom stereocenters. The van der Waals surface area contributed by atoms with Crippen molar-refractivity contribution in [3.63, 3.8) is 0 Å². The van der Waals surface area contributed by atoms with Crippen molar-refractivity contribution in [2.24, 2.45) is 0 Å². The largest absolute Gasteiger partial charge is 0.352 e. The fraction of sp³-hybridized carbons (Fsp3) is 0.308. The van der Waals surface area contributed by atoms with E-state index in [1.54, 1.807) is 0 Å². The molecule has 7 nitrogen and oxygen atoms in total. The minimum atomic E-state index is 0.0852. The summed E-state index contributed by atoms with van der Waals surface area (Å²) < 4.78 is 1.90. The number of piperazine rings is 1. The maximum Gasteiger partial charge on any atom is 0.253 e. The van der Waals surface area contributed by atoms with Crippen molar-refractivity contribution in [1.29, 1.82) is 0 Å². The first kappa shape index (κ1) is 21.1. The van der Waals surface area contributed by atoms with Gasteiger partial charge in [0.25, 0.3) is 5.91 Å². The lowest BCUT2D eigenvalue weighted by Gasteiger charge is -2.35. The molecule has 0 aliphatic carbocycles. The van der Waals surface area contributed by atoms with Crippen molar-refractivity contribution in [3.05, 3.63) is 76.7 Å². The van der Waals surface area contributed by atoms with Gasteiger partial charge >= 0.3 is 0 Å². The van der Waals surface area contributed by atoms with E-state index in [1.807, 2.05) is 54.6 Å². The van der Waals surface area contributed by atoms with Gasteiger partial charge in [-0.05, 0) is 52.0 Å². The molecule has 33 heavy (non-hydrogen) atoms. The van der Waals surface area contributed by atoms with Crippen molar-refractivity contribution in [2.45, 2.75) is 27.7 Å². The fourth-order valence-corrected chi connectivity index (χ4v) is 4.36. The number of carbonyl (C=O) groups excluding carboxylic acids is 1. The highest BCUT2D eigenvalue weighted by atomic mass is 16.2. The summed E-state index contributed by atoms with van der Waals surface area (Å²) in [6.45, 7) is 10.8. The lowest BCUT2D eigenvalue weighted by molar-refractivity contribution is 0.0746. The van der Waals surface area contributed by atoms with Crippen LogP contribution in [-0.4, -0.2) is 56.7 Å². The second-order valence-corrected chi connectivity index (χ2v) is 8.77. The summed E-state index contributed by atoms with van der Waals surface area (Å²) in [5.41, 5.74) is 5.80. The van der Waals surface area contributed by atoms with Crippen LogP contribution in [-0.2, 0) is 0 Å². The van der Waals surface area contributed by atoms with Gasteiger partial charge in [0.05, 0.1) is 16.8 Å². The molecule has 7 heteroatoms. The lowest BCUT2D eigenvalue weighted by Crippen LogP contribution is -2.49. The molecule has 0 saturated carbocycles. The highest BCUT2D eigenvalue weighted by molar-refractivity contribution is 5.95. The molecule has 5 rings (SSSR count). The van der Waals surface area contributed by atoms with Crippen molar-refractivity contribution < 1.29 is 4.79 Å². The SMILES string of the molecule is Cc1ccc(C(=O)N2CCN(c3nc(C)nc4c3c(C)nn4-c3ccc(C)cc3)CC2)cc1. The standard InChI is InChI=1S/C26H28N6O/c1-17-5-9-21(10-6-17)26(33)31-15-13-30(14-16-31)24-23-19(3)29-32(25(23)28-20(4)27-24)22-11-7-18(2)8-12-22/h5-12H,13-16H2,1-4H3. The van der Waals surface area contributed by atoms with E-state index in [9.17, 15) is 4.79 Å². The number of carbonyl (C=O) groups is 1. The molecule has 0 radical (unpaired) electrons. The normalized spacial score (nSPS) is 14.2. The zero-order valence-electron chi connectivity index (χ0n) is 19.5. The van der Waals surface area contributed by atoms with E-state index in [0.717, 1.165) is 52.4 Å². The van der Waals surface area contributed by atoms with E-state index in [0.29, 0.717) is 18.9 Å².